The molecule has 0 aromatic heterocycles. The number of nitrogens with zero attached hydrogens (tertiary/aromatic N) is 2. The minimum absolute atomic E-state index is 0.0802. The fourth-order valence-electron chi connectivity index (χ4n) is 4.53. The molecule has 0 rings (SSSR count). The second-order valence-electron chi connectivity index (χ2n) is 11.5. The van der Waals surface area contributed by atoms with Crippen molar-refractivity contribution in [1.82, 2.24) is 25.8 Å². The molecule has 3 N–H and O–H groups in total. The van der Waals surface area contributed by atoms with Crippen molar-refractivity contribution in [2.75, 3.05) is 72.0 Å². The molecule has 0 aliphatic heterocycles. The first-order valence-corrected chi connectivity index (χ1v) is 17.0. The van der Waals surface area contributed by atoms with Gasteiger partial charge in [0.25, 0.3) is 0 Å². The summed E-state index contributed by atoms with van der Waals surface area (Å²) in [6.45, 7) is 16.7. The molecule has 0 aliphatic rings. The van der Waals surface area contributed by atoms with Crippen LogP contribution < -0.4 is 16.0 Å². The minimum Gasteiger partial charge on any atom is -0.356 e. The molecule has 246 valence electrons. The Labute approximate surface area is 257 Å². The highest BCUT2D eigenvalue weighted by Gasteiger charge is 2.12. The zero-order valence-electron chi connectivity index (χ0n) is 27.7. The van der Waals surface area contributed by atoms with E-state index in [-0.39, 0.29) is 5.91 Å². The van der Waals surface area contributed by atoms with Gasteiger partial charge in [0.05, 0.1) is 0 Å². The number of unbranched alkanes of at least 4 members (excludes halogenated alkanes) is 3. The van der Waals surface area contributed by atoms with Gasteiger partial charge in [0.2, 0.25) is 5.91 Å². The van der Waals surface area contributed by atoms with Crippen molar-refractivity contribution in [3.8, 4) is 0 Å². The van der Waals surface area contributed by atoms with E-state index in [2.05, 4.69) is 46.5 Å². The van der Waals surface area contributed by atoms with E-state index in [0.29, 0.717) is 81.9 Å². The first-order chi connectivity index (χ1) is 20.4. The number of hydrogen-bond acceptors (Lipinski definition) is 8. The number of carbonyl (C=O) groups excluding carboxylic acids is 4. The van der Waals surface area contributed by atoms with Gasteiger partial charge in [-0.25, -0.2) is 0 Å². The number of amides is 1. The van der Waals surface area contributed by atoms with Gasteiger partial charge in [-0.3, -0.25) is 19.2 Å². The Morgan fingerprint density at radius 2 is 0.810 bits per heavy atom. The first-order valence-electron chi connectivity index (χ1n) is 17.0. The normalized spacial score (nSPS) is 11.4. The maximum atomic E-state index is 12.3. The third kappa shape index (κ3) is 26.0. The number of hydrogen-bond donors (Lipinski definition) is 3. The highest BCUT2D eigenvalue weighted by molar-refractivity contribution is 5.79. The number of carbonyl (C=O) groups is 4. The van der Waals surface area contributed by atoms with E-state index < -0.39 is 0 Å². The second-order valence-corrected chi connectivity index (χ2v) is 11.5. The molecule has 0 aromatic carbocycles. The Hall–Kier alpha value is -1.68. The molecule has 0 aromatic rings. The van der Waals surface area contributed by atoms with Crippen LogP contribution in [0.2, 0.25) is 0 Å². The molecule has 0 saturated carbocycles. The largest absolute Gasteiger partial charge is 0.356 e. The molecule has 0 unspecified atom stereocenters. The maximum Gasteiger partial charge on any atom is 0.221 e. The summed E-state index contributed by atoms with van der Waals surface area (Å²) in [5, 5.41) is 9.80. The van der Waals surface area contributed by atoms with Gasteiger partial charge in [-0.15, -0.1) is 0 Å². The predicted octanol–water partition coefficient (Wildman–Crippen LogP) is 4.13. The van der Waals surface area contributed by atoms with Crippen LogP contribution >= 0.6 is 0 Å². The van der Waals surface area contributed by atoms with E-state index >= 15 is 0 Å². The quantitative estimate of drug-likeness (QED) is 0.0996. The Bertz CT molecular complexity index is 680. The van der Waals surface area contributed by atoms with Crippen molar-refractivity contribution in [2.45, 2.75) is 118 Å². The van der Waals surface area contributed by atoms with E-state index in [1.807, 2.05) is 6.92 Å². The molecule has 0 bridgehead atoms. The van der Waals surface area contributed by atoms with Crippen molar-refractivity contribution in [1.29, 1.82) is 0 Å². The molecule has 9 heteroatoms. The van der Waals surface area contributed by atoms with Gasteiger partial charge in [-0.2, -0.15) is 0 Å². The van der Waals surface area contributed by atoms with E-state index in [4.69, 9.17) is 0 Å². The number of rotatable bonds is 32. The average Bonchev–Trinajstić information content (AvgIpc) is 2.99. The lowest BCUT2D eigenvalue weighted by molar-refractivity contribution is -0.121. The van der Waals surface area contributed by atoms with Gasteiger partial charge in [0.1, 0.15) is 17.3 Å². The SMILES string of the molecule is CCCCC(=O)CCN(CCNCCC(=O)NCCC)CCNCCN(CCC(=O)CCCC)CCC(=O)CCCC. The lowest BCUT2D eigenvalue weighted by atomic mass is 10.1. The van der Waals surface area contributed by atoms with Crippen LogP contribution in [0.25, 0.3) is 0 Å². The summed E-state index contributed by atoms with van der Waals surface area (Å²) in [7, 11) is 0. The highest BCUT2D eigenvalue weighted by Crippen LogP contribution is 2.04. The fourth-order valence-corrected chi connectivity index (χ4v) is 4.53. The smallest absolute Gasteiger partial charge is 0.221 e. The van der Waals surface area contributed by atoms with Crippen LogP contribution in [0.15, 0.2) is 0 Å². The summed E-state index contributed by atoms with van der Waals surface area (Å²) in [4.78, 5) is 53.1. The number of Topliss-reactive ketones (excluding diaryl/α,β-unsaturated/α-hetero) is 3. The van der Waals surface area contributed by atoms with Crippen LogP contribution in [0.3, 0.4) is 0 Å². The Balaban J connectivity index is 4.64. The molecule has 0 atom stereocenters. The molecular formula is C33H65N5O4. The van der Waals surface area contributed by atoms with Gasteiger partial charge in [-0.1, -0.05) is 47.0 Å². The van der Waals surface area contributed by atoms with Crippen molar-refractivity contribution in [3.63, 3.8) is 0 Å². The van der Waals surface area contributed by atoms with Gasteiger partial charge in [-0.05, 0) is 25.7 Å². The molecule has 0 spiro atoms. The van der Waals surface area contributed by atoms with Crippen LogP contribution in [-0.4, -0.2) is 105 Å². The first kappa shape index (κ1) is 40.3. The zero-order valence-corrected chi connectivity index (χ0v) is 27.7. The molecule has 9 nitrogen and oxygen atoms in total. The molecule has 0 fully saturated rings. The molecule has 42 heavy (non-hydrogen) atoms. The van der Waals surface area contributed by atoms with Crippen molar-refractivity contribution < 1.29 is 19.2 Å². The molecular weight excluding hydrogens is 530 g/mol. The van der Waals surface area contributed by atoms with Crippen LogP contribution in [-0.2, 0) is 19.2 Å². The summed E-state index contributed by atoms with van der Waals surface area (Å²) in [6.07, 6.45) is 11.0. The summed E-state index contributed by atoms with van der Waals surface area (Å²) < 4.78 is 0. The summed E-state index contributed by atoms with van der Waals surface area (Å²) in [5.41, 5.74) is 0. The van der Waals surface area contributed by atoms with Crippen LogP contribution in [0.1, 0.15) is 118 Å². The van der Waals surface area contributed by atoms with Crippen molar-refractivity contribution in [2.24, 2.45) is 0 Å². The fraction of sp³-hybridized carbons (Fsp3) is 0.879. The molecule has 0 radical (unpaired) electrons. The van der Waals surface area contributed by atoms with Crippen molar-refractivity contribution >= 4 is 23.3 Å². The van der Waals surface area contributed by atoms with Crippen LogP contribution in [0.4, 0.5) is 0 Å². The standard InChI is InChI=1S/C33H65N5O4/c1-5-9-12-30(39)16-24-37(25-17-31(40)13-10-6-2)27-22-35-23-29-38(26-18-32(41)14-11-7-3)28-21-34-20-15-33(42)36-19-8-4/h34-35H,5-29H2,1-4H3,(H,36,42). The van der Waals surface area contributed by atoms with Gasteiger partial charge in [0.15, 0.2) is 0 Å². The topological polar surface area (TPSA) is 111 Å². The Kier molecular flexibility index (Phi) is 28.2. The average molecular weight is 596 g/mol. The van der Waals surface area contributed by atoms with Crippen LogP contribution in [0.5, 0.6) is 0 Å². The van der Waals surface area contributed by atoms with Gasteiger partial charge >= 0.3 is 0 Å². The lowest BCUT2D eigenvalue weighted by Crippen LogP contribution is -2.40. The van der Waals surface area contributed by atoms with Gasteiger partial charge < -0.3 is 25.8 Å². The van der Waals surface area contributed by atoms with Gasteiger partial charge in [0, 0.05) is 117 Å². The lowest BCUT2D eigenvalue weighted by Gasteiger charge is -2.24. The maximum absolute atomic E-state index is 12.3. The Morgan fingerprint density at radius 3 is 1.19 bits per heavy atom. The van der Waals surface area contributed by atoms with E-state index in [0.717, 1.165) is 97.3 Å². The summed E-state index contributed by atoms with van der Waals surface area (Å²) in [6, 6.07) is 0. The monoisotopic (exact) mass is 596 g/mol. The van der Waals surface area contributed by atoms with E-state index in [9.17, 15) is 19.2 Å². The summed E-state index contributed by atoms with van der Waals surface area (Å²) >= 11 is 0. The number of nitrogens with one attached hydrogen (secondary N) is 3. The van der Waals surface area contributed by atoms with Crippen molar-refractivity contribution in [3.05, 3.63) is 0 Å². The third-order valence-electron chi connectivity index (χ3n) is 7.46. The summed E-state index contributed by atoms with van der Waals surface area (Å²) in [5.74, 6) is 1.03. The predicted molar refractivity (Wildman–Crippen MR) is 174 cm³/mol. The molecule has 1 amide bonds. The number of ketones is 3. The third-order valence-corrected chi connectivity index (χ3v) is 7.46. The Morgan fingerprint density at radius 1 is 0.429 bits per heavy atom. The van der Waals surface area contributed by atoms with E-state index in [1.54, 1.807) is 0 Å². The zero-order chi connectivity index (χ0) is 31.3. The van der Waals surface area contributed by atoms with E-state index in [1.165, 1.54) is 0 Å². The van der Waals surface area contributed by atoms with Crippen LogP contribution in [0, 0.1) is 0 Å². The molecule has 0 saturated heterocycles. The molecule has 0 aliphatic carbocycles. The molecule has 0 heterocycles. The second kappa shape index (κ2) is 29.4. The minimum atomic E-state index is 0.0802. The highest BCUT2D eigenvalue weighted by atomic mass is 16.2.